The molecule has 0 aromatic heterocycles. The van der Waals surface area contributed by atoms with E-state index in [2.05, 4.69) is 19.2 Å². The first kappa shape index (κ1) is 9.04. The van der Waals surface area contributed by atoms with E-state index in [-0.39, 0.29) is 0 Å². The number of carbonyl (C=O) groups excluding carboxylic acids is 1. The maximum atomic E-state index is 11.4. The summed E-state index contributed by atoms with van der Waals surface area (Å²) in [5.74, 6) is 2.96. The van der Waals surface area contributed by atoms with Gasteiger partial charge >= 0.3 is 0 Å². The Bertz CT molecular complexity index is 212. The lowest BCUT2D eigenvalue weighted by atomic mass is 9.72. The third-order valence-electron chi connectivity index (χ3n) is 3.84. The van der Waals surface area contributed by atoms with Gasteiger partial charge in [0.1, 0.15) is 0 Å². The van der Waals surface area contributed by atoms with Gasteiger partial charge in [0.2, 0.25) is 5.91 Å². The van der Waals surface area contributed by atoms with Gasteiger partial charge in [-0.25, -0.2) is 0 Å². The van der Waals surface area contributed by atoms with Crippen LogP contribution in [0.4, 0.5) is 0 Å². The average molecular weight is 181 g/mol. The molecule has 0 spiro atoms. The summed E-state index contributed by atoms with van der Waals surface area (Å²) >= 11 is 0. The van der Waals surface area contributed by atoms with Crippen molar-refractivity contribution in [2.45, 2.75) is 33.1 Å². The fraction of sp³-hybridized carbons (Fsp3) is 0.909. The molecule has 3 atom stereocenters. The van der Waals surface area contributed by atoms with Crippen molar-refractivity contribution in [3.8, 4) is 0 Å². The summed E-state index contributed by atoms with van der Waals surface area (Å²) in [7, 11) is 0. The summed E-state index contributed by atoms with van der Waals surface area (Å²) in [6.45, 7) is 5.54. The van der Waals surface area contributed by atoms with Crippen molar-refractivity contribution >= 4 is 5.91 Å². The summed E-state index contributed by atoms with van der Waals surface area (Å²) in [5, 5.41) is 2.98. The molecule has 1 amide bonds. The zero-order valence-corrected chi connectivity index (χ0v) is 8.55. The van der Waals surface area contributed by atoms with E-state index in [1.54, 1.807) is 0 Å². The van der Waals surface area contributed by atoms with Gasteiger partial charge in [-0.1, -0.05) is 13.8 Å². The van der Waals surface area contributed by atoms with Crippen LogP contribution in [0.1, 0.15) is 33.1 Å². The van der Waals surface area contributed by atoms with E-state index in [9.17, 15) is 4.79 Å². The Balaban J connectivity index is 1.99. The molecule has 2 fully saturated rings. The van der Waals surface area contributed by atoms with E-state index in [1.165, 1.54) is 12.8 Å². The first-order valence-corrected chi connectivity index (χ1v) is 5.46. The largest absolute Gasteiger partial charge is 0.356 e. The van der Waals surface area contributed by atoms with Gasteiger partial charge < -0.3 is 5.32 Å². The molecule has 0 bridgehead atoms. The Hall–Kier alpha value is -0.530. The van der Waals surface area contributed by atoms with Crippen LogP contribution in [-0.4, -0.2) is 12.5 Å². The van der Waals surface area contributed by atoms with Crippen LogP contribution >= 0.6 is 0 Å². The molecule has 1 saturated heterocycles. The normalized spacial score (nSPS) is 39.0. The minimum Gasteiger partial charge on any atom is -0.356 e. The standard InChI is InChI=1S/C11H19NO/c1-7(2)8-3-4-10-9(5-8)6-12-11(10)13/h7-10H,3-6H2,1-2H3,(H,12,13). The molecule has 1 aliphatic heterocycles. The van der Waals surface area contributed by atoms with E-state index >= 15 is 0 Å². The lowest BCUT2D eigenvalue weighted by Crippen LogP contribution is -2.27. The highest BCUT2D eigenvalue weighted by molar-refractivity contribution is 5.81. The molecule has 0 aromatic rings. The Kier molecular flexibility index (Phi) is 2.31. The Labute approximate surface area is 80.1 Å². The van der Waals surface area contributed by atoms with Crippen molar-refractivity contribution in [3.63, 3.8) is 0 Å². The highest BCUT2D eigenvalue weighted by Crippen LogP contribution is 2.39. The molecule has 1 saturated carbocycles. The molecule has 2 nitrogen and oxygen atoms in total. The molecule has 2 rings (SSSR count). The molecule has 74 valence electrons. The zero-order chi connectivity index (χ0) is 9.42. The number of nitrogens with one attached hydrogen (secondary N) is 1. The molecule has 0 radical (unpaired) electrons. The van der Waals surface area contributed by atoms with Crippen LogP contribution in [0.15, 0.2) is 0 Å². The molecule has 1 aliphatic carbocycles. The van der Waals surface area contributed by atoms with Crippen LogP contribution in [0.3, 0.4) is 0 Å². The number of fused-ring (bicyclic) bond motifs is 1. The van der Waals surface area contributed by atoms with Crippen molar-refractivity contribution < 1.29 is 4.79 Å². The number of carbonyl (C=O) groups is 1. The molecule has 3 unspecified atom stereocenters. The maximum absolute atomic E-state index is 11.4. The van der Waals surface area contributed by atoms with Gasteiger partial charge in [0.15, 0.2) is 0 Å². The second-order valence-corrected chi connectivity index (χ2v) is 4.93. The van der Waals surface area contributed by atoms with Crippen LogP contribution in [0.25, 0.3) is 0 Å². The fourth-order valence-electron chi connectivity index (χ4n) is 2.84. The molecule has 1 N–H and O–H groups in total. The molecule has 2 heteroatoms. The smallest absolute Gasteiger partial charge is 0.223 e. The predicted molar refractivity (Wildman–Crippen MR) is 52.2 cm³/mol. The molecule has 1 heterocycles. The predicted octanol–water partition coefficient (Wildman–Crippen LogP) is 1.80. The second kappa shape index (κ2) is 3.32. The van der Waals surface area contributed by atoms with Gasteiger partial charge in [-0.2, -0.15) is 0 Å². The summed E-state index contributed by atoms with van der Waals surface area (Å²) in [5.41, 5.74) is 0. The summed E-state index contributed by atoms with van der Waals surface area (Å²) in [6.07, 6.45) is 3.65. The van der Waals surface area contributed by atoms with Gasteiger partial charge in [-0.3, -0.25) is 4.79 Å². The van der Waals surface area contributed by atoms with Gasteiger partial charge in [-0.15, -0.1) is 0 Å². The monoisotopic (exact) mass is 181 g/mol. The van der Waals surface area contributed by atoms with E-state index in [4.69, 9.17) is 0 Å². The van der Waals surface area contributed by atoms with Crippen LogP contribution in [-0.2, 0) is 4.79 Å². The highest BCUT2D eigenvalue weighted by Gasteiger charge is 2.39. The molecular formula is C11H19NO. The summed E-state index contributed by atoms with van der Waals surface area (Å²) in [6, 6.07) is 0. The number of amides is 1. The van der Waals surface area contributed by atoms with Crippen LogP contribution in [0.2, 0.25) is 0 Å². The van der Waals surface area contributed by atoms with Crippen molar-refractivity contribution in [2.75, 3.05) is 6.54 Å². The van der Waals surface area contributed by atoms with E-state index in [0.29, 0.717) is 17.7 Å². The molecule has 0 aromatic carbocycles. The van der Waals surface area contributed by atoms with E-state index in [0.717, 1.165) is 24.8 Å². The Morgan fingerprint density at radius 2 is 2.15 bits per heavy atom. The van der Waals surface area contributed by atoms with Crippen LogP contribution in [0, 0.1) is 23.7 Å². The number of rotatable bonds is 1. The van der Waals surface area contributed by atoms with Crippen molar-refractivity contribution in [1.29, 1.82) is 0 Å². The lowest BCUT2D eigenvalue weighted by Gasteiger charge is -2.32. The van der Waals surface area contributed by atoms with Gasteiger partial charge in [0.25, 0.3) is 0 Å². The van der Waals surface area contributed by atoms with Gasteiger partial charge in [-0.05, 0) is 37.0 Å². The van der Waals surface area contributed by atoms with Gasteiger partial charge in [0, 0.05) is 12.5 Å². The number of hydrogen-bond donors (Lipinski definition) is 1. The molecule has 13 heavy (non-hydrogen) atoms. The minimum absolute atomic E-state index is 0.312. The first-order chi connectivity index (χ1) is 6.18. The maximum Gasteiger partial charge on any atom is 0.223 e. The average Bonchev–Trinajstić information content (AvgIpc) is 2.47. The van der Waals surface area contributed by atoms with E-state index < -0.39 is 0 Å². The molecule has 2 aliphatic rings. The van der Waals surface area contributed by atoms with Crippen LogP contribution < -0.4 is 5.32 Å². The fourth-order valence-corrected chi connectivity index (χ4v) is 2.84. The van der Waals surface area contributed by atoms with Crippen LogP contribution in [0.5, 0.6) is 0 Å². The number of hydrogen-bond acceptors (Lipinski definition) is 1. The zero-order valence-electron chi connectivity index (χ0n) is 8.55. The Morgan fingerprint density at radius 1 is 1.38 bits per heavy atom. The first-order valence-electron chi connectivity index (χ1n) is 5.46. The molecular weight excluding hydrogens is 162 g/mol. The third-order valence-corrected chi connectivity index (χ3v) is 3.84. The van der Waals surface area contributed by atoms with E-state index in [1.807, 2.05) is 0 Å². The summed E-state index contributed by atoms with van der Waals surface area (Å²) < 4.78 is 0. The van der Waals surface area contributed by atoms with Crippen molar-refractivity contribution in [3.05, 3.63) is 0 Å². The minimum atomic E-state index is 0.312. The van der Waals surface area contributed by atoms with Crippen molar-refractivity contribution in [2.24, 2.45) is 23.7 Å². The van der Waals surface area contributed by atoms with Crippen molar-refractivity contribution in [1.82, 2.24) is 5.32 Å². The summed E-state index contributed by atoms with van der Waals surface area (Å²) in [4.78, 5) is 11.4. The topological polar surface area (TPSA) is 29.1 Å². The Morgan fingerprint density at radius 3 is 2.85 bits per heavy atom. The lowest BCUT2D eigenvalue weighted by molar-refractivity contribution is -0.123. The van der Waals surface area contributed by atoms with Gasteiger partial charge in [0.05, 0.1) is 0 Å². The highest BCUT2D eigenvalue weighted by atomic mass is 16.2. The quantitative estimate of drug-likeness (QED) is 0.656. The second-order valence-electron chi connectivity index (χ2n) is 4.93. The third kappa shape index (κ3) is 1.59. The SMILES string of the molecule is CC(C)C1CCC2C(=O)NCC2C1.